The third-order valence-electron chi connectivity index (χ3n) is 2.41. The second kappa shape index (κ2) is 8.93. The standard InChI is InChI=1S/C13H23N3O/c1-3-5-6-8-17-13-11-15-12(10-16-13)9-14-7-4-2/h10-11,14H,3-9H2,1-2H3. The second-order valence-corrected chi connectivity index (χ2v) is 4.08. The Labute approximate surface area is 104 Å². The molecule has 4 nitrogen and oxygen atoms in total. The molecule has 0 spiro atoms. The van der Waals surface area contributed by atoms with Crippen LogP contribution in [0.1, 0.15) is 45.2 Å². The lowest BCUT2D eigenvalue weighted by Gasteiger charge is -2.05. The molecule has 1 aromatic rings. The van der Waals surface area contributed by atoms with E-state index in [1.165, 1.54) is 12.8 Å². The van der Waals surface area contributed by atoms with Crippen LogP contribution in [0, 0.1) is 0 Å². The predicted molar refractivity (Wildman–Crippen MR) is 69.0 cm³/mol. The summed E-state index contributed by atoms with van der Waals surface area (Å²) in [5.74, 6) is 0.625. The number of nitrogens with zero attached hydrogens (tertiary/aromatic N) is 2. The molecule has 0 fully saturated rings. The molecular formula is C13H23N3O. The number of hydrogen-bond acceptors (Lipinski definition) is 4. The zero-order valence-corrected chi connectivity index (χ0v) is 10.9. The summed E-state index contributed by atoms with van der Waals surface area (Å²) in [6.45, 7) is 6.84. The molecule has 1 aromatic heterocycles. The van der Waals surface area contributed by atoms with Crippen LogP contribution < -0.4 is 10.1 Å². The molecule has 0 aliphatic rings. The molecule has 96 valence electrons. The highest BCUT2D eigenvalue weighted by Crippen LogP contribution is 2.05. The molecule has 1 rings (SSSR count). The molecule has 0 aliphatic carbocycles. The summed E-state index contributed by atoms with van der Waals surface area (Å²) >= 11 is 0. The van der Waals surface area contributed by atoms with Gasteiger partial charge in [-0.15, -0.1) is 0 Å². The fraction of sp³-hybridized carbons (Fsp3) is 0.692. The Kier molecular flexibility index (Phi) is 7.30. The van der Waals surface area contributed by atoms with Crippen LogP contribution in [0.15, 0.2) is 12.4 Å². The van der Waals surface area contributed by atoms with Crippen molar-refractivity contribution >= 4 is 0 Å². The van der Waals surface area contributed by atoms with Gasteiger partial charge in [0.1, 0.15) is 0 Å². The zero-order chi connectivity index (χ0) is 12.3. The molecule has 0 saturated heterocycles. The van der Waals surface area contributed by atoms with E-state index in [-0.39, 0.29) is 0 Å². The summed E-state index contributed by atoms with van der Waals surface area (Å²) in [5, 5.41) is 3.29. The van der Waals surface area contributed by atoms with Crippen LogP contribution in [0.5, 0.6) is 5.88 Å². The van der Waals surface area contributed by atoms with E-state index < -0.39 is 0 Å². The molecule has 0 aromatic carbocycles. The molecule has 0 unspecified atom stereocenters. The molecule has 0 amide bonds. The molecule has 0 aliphatic heterocycles. The lowest BCUT2D eigenvalue weighted by atomic mass is 10.3. The van der Waals surface area contributed by atoms with E-state index in [0.717, 1.165) is 38.2 Å². The lowest BCUT2D eigenvalue weighted by Crippen LogP contribution is -2.15. The van der Waals surface area contributed by atoms with Crippen LogP contribution in [-0.2, 0) is 6.54 Å². The quantitative estimate of drug-likeness (QED) is 0.670. The minimum absolute atomic E-state index is 0.625. The summed E-state index contributed by atoms with van der Waals surface area (Å²) < 4.78 is 5.49. The number of aromatic nitrogens is 2. The first kappa shape index (κ1) is 13.9. The first-order chi connectivity index (χ1) is 8.36. The molecule has 0 radical (unpaired) electrons. The molecular weight excluding hydrogens is 214 g/mol. The van der Waals surface area contributed by atoms with Gasteiger partial charge in [-0.25, -0.2) is 4.98 Å². The van der Waals surface area contributed by atoms with Crippen molar-refractivity contribution in [2.75, 3.05) is 13.2 Å². The van der Waals surface area contributed by atoms with Crippen LogP contribution >= 0.6 is 0 Å². The molecule has 0 saturated carbocycles. The number of rotatable bonds is 9. The maximum Gasteiger partial charge on any atom is 0.232 e. The van der Waals surface area contributed by atoms with Crippen molar-refractivity contribution in [2.45, 2.75) is 46.1 Å². The van der Waals surface area contributed by atoms with E-state index in [2.05, 4.69) is 29.1 Å². The van der Waals surface area contributed by atoms with Crippen molar-refractivity contribution in [3.05, 3.63) is 18.1 Å². The number of ether oxygens (including phenoxy) is 1. The topological polar surface area (TPSA) is 47.0 Å². The summed E-state index contributed by atoms with van der Waals surface area (Å²) in [6.07, 6.45) is 8.10. The highest BCUT2D eigenvalue weighted by Gasteiger charge is 1.98. The Bertz CT molecular complexity index is 287. The Morgan fingerprint density at radius 3 is 2.65 bits per heavy atom. The third-order valence-corrected chi connectivity index (χ3v) is 2.41. The second-order valence-electron chi connectivity index (χ2n) is 4.08. The third kappa shape index (κ3) is 6.22. The summed E-state index contributed by atoms with van der Waals surface area (Å²) in [4.78, 5) is 8.53. The van der Waals surface area contributed by atoms with Crippen LogP contribution in [0.25, 0.3) is 0 Å². The molecule has 17 heavy (non-hydrogen) atoms. The largest absolute Gasteiger partial charge is 0.477 e. The normalized spacial score (nSPS) is 10.5. The van der Waals surface area contributed by atoms with E-state index >= 15 is 0 Å². The highest BCUT2D eigenvalue weighted by atomic mass is 16.5. The van der Waals surface area contributed by atoms with Crippen molar-refractivity contribution in [3.63, 3.8) is 0 Å². The smallest absolute Gasteiger partial charge is 0.232 e. The van der Waals surface area contributed by atoms with Crippen LogP contribution in [-0.4, -0.2) is 23.1 Å². The molecule has 4 heteroatoms. The van der Waals surface area contributed by atoms with Crippen LogP contribution in [0.4, 0.5) is 0 Å². The fourth-order valence-corrected chi connectivity index (χ4v) is 1.43. The Morgan fingerprint density at radius 1 is 1.12 bits per heavy atom. The van der Waals surface area contributed by atoms with Gasteiger partial charge in [0, 0.05) is 6.54 Å². The Hall–Kier alpha value is -1.16. The fourth-order valence-electron chi connectivity index (χ4n) is 1.43. The van der Waals surface area contributed by atoms with Gasteiger partial charge in [-0.3, -0.25) is 4.98 Å². The Morgan fingerprint density at radius 2 is 2.00 bits per heavy atom. The van der Waals surface area contributed by atoms with Crippen molar-refractivity contribution in [3.8, 4) is 5.88 Å². The van der Waals surface area contributed by atoms with Gasteiger partial charge in [0.25, 0.3) is 0 Å². The first-order valence-electron chi connectivity index (χ1n) is 6.51. The molecule has 0 bridgehead atoms. The van der Waals surface area contributed by atoms with Crippen molar-refractivity contribution in [1.82, 2.24) is 15.3 Å². The van der Waals surface area contributed by atoms with Gasteiger partial charge in [0.15, 0.2) is 0 Å². The van der Waals surface area contributed by atoms with Gasteiger partial charge in [-0.2, -0.15) is 0 Å². The SMILES string of the molecule is CCCCCOc1cnc(CNCCC)cn1. The number of unbranched alkanes of at least 4 members (excludes halogenated alkanes) is 2. The first-order valence-corrected chi connectivity index (χ1v) is 6.51. The summed E-state index contributed by atoms with van der Waals surface area (Å²) in [6, 6.07) is 0. The van der Waals surface area contributed by atoms with Crippen molar-refractivity contribution < 1.29 is 4.74 Å². The predicted octanol–water partition coefficient (Wildman–Crippen LogP) is 2.55. The molecule has 1 N–H and O–H groups in total. The van der Waals surface area contributed by atoms with Crippen LogP contribution in [0.2, 0.25) is 0 Å². The minimum atomic E-state index is 0.625. The summed E-state index contributed by atoms with van der Waals surface area (Å²) in [7, 11) is 0. The van der Waals surface area contributed by atoms with E-state index in [1.807, 2.05) is 0 Å². The van der Waals surface area contributed by atoms with Gasteiger partial charge in [-0.05, 0) is 19.4 Å². The summed E-state index contributed by atoms with van der Waals surface area (Å²) in [5.41, 5.74) is 0.958. The highest BCUT2D eigenvalue weighted by molar-refractivity contribution is 5.06. The molecule has 1 heterocycles. The van der Waals surface area contributed by atoms with Gasteiger partial charge < -0.3 is 10.1 Å². The van der Waals surface area contributed by atoms with Crippen molar-refractivity contribution in [2.24, 2.45) is 0 Å². The average Bonchev–Trinajstić information content (AvgIpc) is 2.37. The van der Waals surface area contributed by atoms with E-state index in [4.69, 9.17) is 4.74 Å². The van der Waals surface area contributed by atoms with Crippen LogP contribution in [0.3, 0.4) is 0 Å². The van der Waals surface area contributed by atoms with E-state index in [1.54, 1.807) is 12.4 Å². The van der Waals surface area contributed by atoms with E-state index in [9.17, 15) is 0 Å². The Balaban J connectivity index is 2.24. The maximum absolute atomic E-state index is 5.49. The number of nitrogens with one attached hydrogen (secondary N) is 1. The van der Waals surface area contributed by atoms with Gasteiger partial charge in [-0.1, -0.05) is 26.7 Å². The zero-order valence-electron chi connectivity index (χ0n) is 10.9. The monoisotopic (exact) mass is 237 g/mol. The van der Waals surface area contributed by atoms with Gasteiger partial charge in [0.2, 0.25) is 5.88 Å². The van der Waals surface area contributed by atoms with Gasteiger partial charge >= 0.3 is 0 Å². The number of hydrogen-bond donors (Lipinski definition) is 1. The van der Waals surface area contributed by atoms with E-state index in [0.29, 0.717) is 5.88 Å². The molecule has 0 atom stereocenters. The van der Waals surface area contributed by atoms with Crippen molar-refractivity contribution in [1.29, 1.82) is 0 Å². The minimum Gasteiger partial charge on any atom is -0.477 e. The van der Waals surface area contributed by atoms with Gasteiger partial charge in [0.05, 0.1) is 24.7 Å². The average molecular weight is 237 g/mol. The lowest BCUT2D eigenvalue weighted by molar-refractivity contribution is 0.293. The maximum atomic E-state index is 5.49.